The van der Waals surface area contributed by atoms with Crippen molar-refractivity contribution >= 4 is 28.9 Å². The van der Waals surface area contributed by atoms with Crippen LogP contribution in [0.25, 0.3) is 16.8 Å². The van der Waals surface area contributed by atoms with E-state index < -0.39 is 52.2 Å². The van der Waals surface area contributed by atoms with Gasteiger partial charge in [-0.05, 0) is 23.8 Å². The van der Waals surface area contributed by atoms with Gasteiger partial charge in [0.05, 0.1) is 34.5 Å². The van der Waals surface area contributed by atoms with Gasteiger partial charge in [0.1, 0.15) is 0 Å². The van der Waals surface area contributed by atoms with Gasteiger partial charge in [0.15, 0.2) is 5.58 Å². The highest BCUT2D eigenvalue weighted by atomic mass is 35.5. The molecule has 0 radical (unpaired) electrons. The van der Waals surface area contributed by atoms with Crippen LogP contribution in [0.3, 0.4) is 0 Å². The number of alkyl halides is 3. The third-order valence-corrected chi connectivity index (χ3v) is 5.55. The summed E-state index contributed by atoms with van der Waals surface area (Å²) < 4.78 is 51.8. The standard InChI is InChI=1S/C21H13ClF3N3O7/c1-26-13-6-5-11(7-14(13)34-19(26)31)27-9-15(35-20(32)33)17(29)28(18(27)30)8-10-3-2-4-12(16(10)22)21(23,24)25/h2-7,9H,8H2,1H3,(H,32,33). The van der Waals surface area contributed by atoms with Crippen molar-refractivity contribution in [1.29, 1.82) is 0 Å². The fraction of sp³-hybridized carbons (Fsp3) is 0.143. The number of carboxylic acid groups (broad SMARTS) is 1. The smallest absolute Gasteiger partial charge is 0.449 e. The summed E-state index contributed by atoms with van der Waals surface area (Å²) in [6.07, 6.45) is -5.84. The zero-order valence-electron chi connectivity index (χ0n) is 17.5. The van der Waals surface area contributed by atoms with Crippen molar-refractivity contribution in [2.45, 2.75) is 12.7 Å². The molecule has 4 rings (SSSR count). The van der Waals surface area contributed by atoms with Crippen molar-refractivity contribution in [2.75, 3.05) is 0 Å². The molecular formula is C21H13ClF3N3O7. The summed E-state index contributed by atoms with van der Waals surface area (Å²) in [5.41, 5.74) is -3.12. The van der Waals surface area contributed by atoms with Gasteiger partial charge in [0, 0.05) is 13.1 Å². The Hall–Kier alpha value is -4.26. The second-order valence-corrected chi connectivity index (χ2v) is 7.64. The van der Waals surface area contributed by atoms with Gasteiger partial charge in [-0.3, -0.25) is 18.5 Å². The summed E-state index contributed by atoms with van der Waals surface area (Å²) in [6.45, 7) is -0.722. The lowest BCUT2D eigenvalue weighted by Gasteiger charge is -2.15. The van der Waals surface area contributed by atoms with Gasteiger partial charge in [0.2, 0.25) is 5.75 Å². The van der Waals surface area contributed by atoms with Gasteiger partial charge in [-0.25, -0.2) is 14.4 Å². The van der Waals surface area contributed by atoms with Crippen LogP contribution in [0.1, 0.15) is 11.1 Å². The highest BCUT2D eigenvalue weighted by molar-refractivity contribution is 6.32. The number of halogens is 4. The number of rotatable bonds is 4. The van der Waals surface area contributed by atoms with E-state index in [4.69, 9.17) is 21.1 Å². The van der Waals surface area contributed by atoms with E-state index in [1.54, 1.807) is 0 Å². The van der Waals surface area contributed by atoms with Gasteiger partial charge in [-0.1, -0.05) is 23.7 Å². The summed E-state index contributed by atoms with van der Waals surface area (Å²) in [7, 11) is 1.46. The number of ether oxygens (including phenoxy) is 1. The molecule has 4 aromatic rings. The van der Waals surface area contributed by atoms with Crippen LogP contribution in [0.4, 0.5) is 18.0 Å². The van der Waals surface area contributed by atoms with Crippen LogP contribution in [0.2, 0.25) is 5.02 Å². The Kier molecular flexibility index (Phi) is 5.80. The van der Waals surface area contributed by atoms with Crippen LogP contribution in [0, 0.1) is 0 Å². The number of carbonyl (C=O) groups is 1. The quantitative estimate of drug-likeness (QED) is 0.417. The molecule has 35 heavy (non-hydrogen) atoms. The Morgan fingerprint density at radius 3 is 2.54 bits per heavy atom. The molecule has 0 saturated heterocycles. The zero-order chi connectivity index (χ0) is 25.7. The predicted octanol–water partition coefficient (Wildman–Crippen LogP) is 3.22. The second-order valence-electron chi connectivity index (χ2n) is 7.26. The molecule has 0 unspecified atom stereocenters. The molecule has 0 atom stereocenters. The van der Waals surface area contributed by atoms with Crippen molar-refractivity contribution in [3.05, 3.63) is 90.1 Å². The number of benzene rings is 2. The molecule has 0 aliphatic heterocycles. The maximum absolute atomic E-state index is 13.2. The molecule has 0 saturated carbocycles. The fourth-order valence-corrected chi connectivity index (χ4v) is 3.72. The minimum Gasteiger partial charge on any atom is -0.449 e. The molecule has 2 aromatic heterocycles. The first-order valence-corrected chi connectivity index (χ1v) is 9.98. The number of aromatic nitrogens is 3. The average molecular weight is 512 g/mol. The lowest BCUT2D eigenvalue weighted by Crippen LogP contribution is -2.40. The summed E-state index contributed by atoms with van der Waals surface area (Å²) in [5, 5.41) is 8.26. The Morgan fingerprint density at radius 2 is 1.89 bits per heavy atom. The summed E-state index contributed by atoms with van der Waals surface area (Å²) >= 11 is 5.90. The molecule has 2 heterocycles. The van der Waals surface area contributed by atoms with E-state index >= 15 is 0 Å². The van der Waals surface area contributed by atoms with E-state index in [-0.39, 0.29) is 16.8 Å². The third-order valence-electron chi connectivity index (χ3n) is 5.10. The molecule has 1 N–H and O–H groups in total. The first kappa shape index (κ1) is 23.9. The molecule has 0 amide bonds. The van der Waals surface area contributed by atoms with E-state index in [0.29, 0.717) is 10.1 Å². The van der Waals surface area contributed by atoms with Crippen LogP contribution in [-0.4, -0.2) is 25.0 Å². The molecule has 0 fully saturated rings. The molecule has 0 bridgehead atoms. The number of aryl methyl sites for hydroxylation is 1. The van der Waals surface area contributed by atoms with E-state index in [1.165, 1.54) is 35.9 Å². The molecule has 0 spiro atoms. The van der Waals surface area contributed by atoms with Crippen LogP contribution < -0.4 is 21.7 Å². The monoisotopic (exact) mass is 511 g/mol. The Labute approximate surface area is 196 Å². The molecule has 0 aliphatic rings. The molecule has 10 nitrogen and oxygen atoms in total. The summed E-state index contributed by atoms with van der Waals surface area (Å²) in [4.78, 5) is 48.8. The number of hydrogen-bond acceptors (Lipinski definition) is 6. The van der Waals surface area contributed by atoms with Crippen LogP contribution in [0.5, 0.6) is 5.75 Å². The maximum atomic E-state index is 13.2. The Balaban J connectivity index is 1.93. The van der Waals surface area contributed by atoms with E-state index in [0.717, 1.165) is 22.9 Å². The molecule has 182 valence electrons. The van der Waals surface area contributed by atoms with Gasteiger partial charge in [-0.15, -0.1) is 0 Å². The van der Waals surface area contributed by atoms with Gasteiger partial charge in [-0.2, -0.15) is 13.2 Å². The SMILES string of the molecule is Cn1c(=O)oc2cc(-n3cc(OC(=O)O)c(=O)n(Cc4cccc(C(F)(F)F)c4Cl)c3=O)ccc21. The van der Waals surface area contributed by atoms with Crippen molar-refractivity contribution in [3.63, 3.8) is 0 Å². The Bertz CT molecular complexity index is 1660. The fourth-order valence-electron chi connectivity index (χ4n) is 3.43. The lowest BCUT2D eigenvalue weighted by molar-refractivity contribution is -0.137. The van der Waals surface area contributed by atoms with Crippen molar-refractivity contribution in [3.8, 4) is 11.4 Å². The summed E-state index contributed by atoms with van der Waals surface area (Å²) in [6, 6.07) is 7.09. The van der Waals surface area contributed by atoms with Gasteiger partial charge in [0.25, 0.3) is 5.56 Å². The lowest BCUT2D eigenvalue weighted by atomic mass is 10.1. The normalized spacial score (nSPS) is 11.7. The number of oxazole rings is 1. The van der Waals surface area contributed by atoms with Crippen LogP contribution >= 0.6 is 11.6 Å². The van der Waals surface area contributed by atoms with Crippen molar-refractivity contribution < 1.29 is 32.2 Å². The van der Waals surface area contributed by atoms with E-state index in [9.17, 15) is 32.3 Å². The van der Waals surface area contributed by atoms with Crippen molar-refractivity contribution in [1.82, 2.24) is 13.7 Å². The molecule has 2 aromatic carbocycles. The van der Waals surface area contributed by atoms with Crippen LogP contribution in [0.15, 0.2) is 61.4 Å². The van der Waals surface area contributed by atoms with E-state index in [1.807, 2.05) is 0 Å². The highest BCUT2D eigenvalue weighted by Gasteiger charge is 2.34. The number of hydrogen-bond donors (Lipinski definition) is 1. The van der Waals surface area contributed by atoms with Gasteiger partial charge < -0.3 is 14.3 Å². The second kappa shape index (κ2) is 8.51. The Morgan fingerprint density at radius 1 is 1.17 bits per heavy atom. The highest BCUT2D eigenvalue weighted by Crippen LogP contribution is 2.36. The summed E-state index contributed by atoms with van der Waals surface area (Å²) in [5.74, 6) is -1.47. The zero-order valence-corrected chi connectivity index (χ0v) is 18.3. The third kappa shape index (κ3) is 4.33. The number of nitrogens with zero attached hydrogens (tertiary/aromatic N) is 3. The largest absolute Gasteiger partial charge is 0.511 e. The predicted molar refractivity (Wildman–Crippen MR) is 116 cm³/mol. The van der Waals surface area contributed by atoms with Gasteiger partial charge >= 0.3 is 23.8 Å². The molecule has 0 aliphatic carbocycles. The van der Waals surface area contributed by atoms with Crippen molar-refractivity contribution in [2.24, 2.45) is 7.05 Å². The van der Waals surface area contributed by atoms with Crippen LogP contribution in [-0.2, 0) is 19.8 Å². The number of fused-ring (bicyclic) bond motifs is 1. The minimum absolute atomic E-state index is 0.0518. The average Bonchev–Trinajstić information content (AvgIpc) is 3.06. The molecule has 14 heteroatoms. The minimum atomic E-state index is -4.79. The molecular weight excluding hydrogens is 499 g/mol. The maximum Gasteiger partial charge on any atom is 0.511 e. The first-order chi connectivity index (χ1) is 16.4. The first-order valence-electron chi connectivity index (χ1n) is 9.60. The topological polar surface area (TPSA) is 126 Å². The van der Waals surface area contributed by atoms with E-state index in [2.05, 4.69) is 4.74 Å².